The molecule has 1 atom stereocenters. The largest absolute Gasteiger partial charge is 0.359 e. The molecule has 1 fully saturated rings. The molecular formula is C16H19N5OS. The molecule has 23 heavy (non-hydrogen) atoms. The molecule has 1 aliphatic heterocycles. The van der Waals surface area contributed by atoms with Gasteiger partial charge >= 0.3 is 0 Å². The van der Waals surface area contributed by atoms with E-state index in [0.29, 0.717) is 5.92 Å². The minimum Gasteiger partial charge on any atom is -0.359 e. The van der Waals surface area contributed by atoms with Gasteiger partial charge in [0, 0.05) is 48.9 Å². The van der Waals surface area contributed by atoms with Crippen LogP contribution in [0, 0.1) is 0 Å². The van der Waals surface area contributed by atoms with Gasteiger partial charge in [-0.25, -0.2) is 4.98 Å². The quantitative estimate of drug-likeness (QED) is 0.736. The molecule has 0 aromatic carbocycles. The highest BCUT2D eigenvalue weighted by atomic mass is 32.1. The summed E-state index contributed by atoms with van der Waals surface area (Å²) in [5.74, 6) is 1.45. The molecule has 0 N–H and O–H groups in total. The fraction of sp³-hybridized carbons (Fsp3) is 0.438. The molecule has 120 valence electrons. The van der Waals surface area contributed by atoms with Crippen molar-refractivity contribution in [2.24, 2.45) is 7.05 Å². The van der Waals surface area contributed by atoms with E-state index in [1.807, 2.05) is 25.5 Å². The highest BCUT2D eigenvalue weighted by Gasteiger charge is 2.24. The molecule has 0 spiro atoms. The number of thiazole rings is 1. The zero-order valence-electron chi connectivity index (χ0n) is 13.1. The Balaban J connectivity index is 1.43. The zero-order valence-corrected chi connectivity index (χ0v) is 13.9. The summed E-state index contributed by atoms with van der Waals surface area (Å²) in [7, 11) is 1.90. The van der Waals surface area contributed by atoms with Gasteiger partial charge < -0.3 is 4.52 Å². The maximum Gasteiger partial charge on any atom is 0.151 e. The Morgan fingerprint density at radius 3 is 3.17 bits per heavy atom. The molecule has 4 rings (SSSR count). The second-order valence-corrected chi connectivity index (χ2v) is 6.95. The number of hydrogen-bond donors (Lipinski definition) is 0. The molecule has 0 saturated carbocycles. The van der Waals surface area contributed by atoms with Gasteiger partial charge in [0.25, 0.3) is 0 Å². The van der Waals surface area contributed by atoms with E-state index < -0.39 is 0 Å². The van der Waals surface area contributed by atoms with Gasteiger partial charge in [0.1, 0.15) is 5.69 Å². The molecule has 0 radical (unpaired) electrons. The Hall–Kier alpha value is -1.99. The lowest BCUT2D eigenvalue weighted by molar-refractivity contribution is 0.180. The molecule has 0 aliphatic carbocycles. The molecule has 1 unspecified atom stereocenters. The van der Waals surface area contributed by atoms with Crippen LogP contribution in [-0.2, 0) is 13.6 Å². The third-order valence-corrected chi connectivity index (χ3v) is 5.18. The van der Waals surface area contributed by atoms with Crippen molar-refractivity contribution in [3.8, 4) is 11.3 Å². The standard InChI is InChI=1S/C16H19N5OS/c1-20-9-13(8-18-20)15-7-14(22-19-15)11-21-5-2-3-12(10-21)16-17-4-6-23-16/h4,6-9,12H,2-3,5,10-11H2,1H3. The van der Waals surface area contributed by atoms with Crippen LogP contribution in [0.1, 0.15) is 29.5 Å². The number of nitrogens with zero attached hydrogens (tertiary/aromatic N) is 5. The van der Waals surface area contributed by atoms with Crippen LogP contribution >= 0.6 is 11.3 Å². The zero-order chi connectivity index (χ0) is 15.6. The third-order valence-electron chi connectivity index (χ3n) is 4.25. The second-order valence-electron chi connectivity index (χ2n) is 6.03. The maximum atomic E-state index is 5.52. The number of likely N-dealkylation sites (tertiary alicyclic amines) is 1. The van der Waals surface area contributed by atoms with Crippen molar-refractivity contribution < 1.29 is 4.52 Å². The highest BCUT2D eigenvalue weighted by molar-refractivity contribution is 7.09. The number of piperidine rings is 1. The lowest BCUT2D eigenvalue weighted by atomic mass is 9.98. The molecule has 0 bridgehead atoms. The van der Waals surface area contributed by atoms with Gasteiger partial charge in [0.15, 0.2) is 5.76 Å². The summed E-state index contributed by atoms with van der Waals surface area (Å²) in [4.78, 5) is 6.91. The molecule has 3 aromatic heterocycles. The molecule has 4 heterocycles. The summed E-state index contributed by atoms with van der Waals surface area (Å²) in [6.45, 7) is 2.94. The summed E-state index contributed by atoms with van der Waals surface area (Å²) in [6.07, 6.45) is 8.08. The SMILES string of the molecule is Cn1cc(-c2cc(CN3CCCC(c4nccs4)C3)on2)cn1. The van der Waals surface area contributed by atoms with Gasteiger partial charge in [-0.15, -0.1) is 11.3 Å². The molecule has 7 heteroatoms. The van der Waals surface area contributed by atoms with E-state index in [2.05, 4.69) is 25.5 Å². The summed E-state index contributed by atoms with van der Waals surface area (Å²) < 4.78 is 7.29. The smallest absolute Gasteiger partial charge is 0.151 e. The molecule has 6 nitrogen and oxygen atoms in total. The summed E-state index contributed by atoms with van der Waals surface area (Å²) in [6, 6.07) is 2.02. The average Bonchev–Trinajstić information content (AvgIpc) is 3.28. The first-order valence-electron chi connectivity index (χ1n) is 7.84. The van der Waals surface area contributed by atoms with E-state index in [4.69, 9.17) is 4.52 Å². The maximum absolute atomic E-state index is 5.52. The van der Waals surface area contributed by atoms with E-state index in [0.717, 1.165) is 36.7 Å². The number of hydrogen-bond acceptors (Lipinski definition) is 6. The van der Waals surface area contributed by atoms with Crippen LogP contribution in [0.5, 0.6) is 0 Å². The summed E-state index contributed by atoms with van der Waals surface area (Å²) in [5, 5.41) is 11.7. The lowest BCUT2D eigenvalue weighted by Crippen LogP contribution is -2.33. The van der Waals surface area contributed by atoms with Crippen molar-refractivity contribution in [2.45, 2.75) is 25.3 Å². The monoisotopic (exact) mass is 329 g/mol. The Bertz CT molecular complexity index is 763. The van der Waals surface area contributed by atoms with Gasteiger partial charge in [-0.3, -0.25) is 9.58 Å². The number of aromatic nitrogens is 4. The van der Waals surface area contributed by atoms with Crippen molar-refractivity contribution in [1.82, 2.24) is 24.8 Å². The van der Waals surface area contributed by atoms with Crippen LogP contribution in [0.3, 0.4) is 0 Å². The van der Waals surface area contributed by atoms with Crippen molar-refractivity contribution in [2.75, 3.05) is 13.1 Å². The second kappa shape index (κ2) is 6.25. The molecule has 1 saturated heterocycles. The van der Waals surface area contributed by atoms with Gasteiger partial charge in [0.2, 0.25) is 0 Å². The summed E-state index contributed by atoms with van der Waals surface area (Å²) in [5.41, 5.74) is 1.84. The Kier molecular flexibility index (Phi) is 3.97. The first-order chi connectivity index (χ1) is 11.3. The predicted molar refractivity (Wildman–Crippen MR) is 88.1 cm³/mol. The summed E-state index contributed by atoms with van der Waals surface area (Å²) >= 11 is 1.76. The van der Waals surface area contributed by atoms with Crippen molar-refractivity contribution in [1.29, 1.82) is 0 Å². The van der Waals surface area contributed by atoms with Gasteiger partial charge in [0.05, 0.1) is 17.7 Å². The molecule has 1 aliphatic rings. The third kappa shape index (κ3) is 3.20. The van der Waals surface area contributed by atoms with Gasteiger partial charge in [-0.2, -0.15) is 5.10 Å². The predicted octanol–water partition coefficient (Wildman–Crippen LogP) is 2.91. The first kappa shape index (κ1) is 14.6. The van der Waals surface area contributed by atoms with E-state index in [1.165, 1.54) is 17.8 Å². The van der Waals surface area contributed by atoms with Crippen LogP contribution in [0.15, 0.2) is 34.6 Å². The van der Waals surface area contributed by atoms with Crippen LogP contribution in [0.4, 0.5) is 0 Å². The van der Waals surface area contributed by atoms with Crippen LogP contribution < -0.4 is 0 Å². The Morgan fingerprint density at radius 2 is 2.39 bits per heavy atom. The van der Waals surface area contributed by atoms with E-state index in [1.54, 1.807) is 22.2 Å². The normalized spacial score (nSPS) is 19.3. The Labute approximate surface area is 138 Å². The topological polar surface area (TPSA) is 60.0 Å². The minimum absolute atomic E-state index is 0.546. The lowest BCUT2D eigenvalue weighted by Gasteiger charge is -2.30. The van der Waals surface area contributed by atoms with Crippen molar-refractivity contribution in [3.63, 3.8) is 0 Å². The van der Waals surface area contributed by atoms with E-state index in [-0.39, 0.29) is 0 Å². The van der Waals surface area contributed by atoms with Crippen LogP contribution in [0.25, 0.3) is 11.3 Å². The van der Waals surface area contributed by atoms with Crippen LogP contribution in [-0.4, -0.2) is 37.9 Å². The fourth-order valence-corrected chi connectivity index (χ4v) is 3.90. The molecule has 0 amide bonds. The first-order valence-corrected chi connectivity index (χ1v) is 8.72. The van der Waals surface area contributed by atoms with Gasteiger partial charge in [-0.1, -0.05) is 5.16 Å². The number of rotatable bonds is 4. The number of aryl methyl sites for hydroxylation is 1. The molecule has 3 aromatic rings. The molecular weight excluding hydrogens is 310 g/mol. The van der Waals surface area contributed by atoms with Crippen molar-refractivity contribution >= 4 is 11.3 Å². The van der Waals surface area contributed by atoms with Gasteiger partial charge in [-0.05, 0) is 19.4 Å². The highest BCUT2D eigenvalue weighted by Crippen LogP contribution is 2.29. The average molecular weight is 329 g/mol. The minimum atomic E-state index is 0.546. The Morgan fingerprint density at radius 1 is 1.43 bits per heavy atom. The van der Waals surface area contributed by atoms with E-state index >= 15 is 0 Å². The van der Waals surface area contributed by atoms with E-state index in [9.17, 15) is 0 Å². The fourth-order valence-electron chi connectivity index (χ4n) is 3.13. The van der Waals surface area contributed by atoms with Crippen molar-refractivity contribution in [3.05, 3.63) is 40.8 Å². The van der Waals surface area contributed by atoms with Crippen LogP contribution in [0.2, 0.25) is 0 Å².